The standard InChI is InChI=1S/C20H38N2O/c1-5-7-9-11-18(10-8-6-2)16-20(23)22-14-12-19(13-15-22)17-21(3)4/h6,18-19H,2,5,7-17H2,1,3-4H3. The van der Waals surface area contributed by atoms with E-state index in [2.05, 4.69) is 37.4 Å². The Labute approximate surface area is 144 Å². The summed E-state index contributed by atoms with van der Waals surface area (Å²) in [6.07, 6.45) is 12.2. The summed E-state index contributed by atoms with van der Waals surface area (Å²) < 4.78 is 0. The molecule has 1 atom stereocenters. The molecule has 23 heavy (non-hydrogen) atoms. The van der Waals surface area contributed by atoms with Crippen molar-refractivity contribution in [3.8, 4) is 0 Å². The van der Waals surface area contributed by atoms with Crippen LogP contribution in [0.1, 0.15) is 64.7 Å². The van der Waals surface area contributed by atoms with Gasteiger partial charge in [-0.3, -0.25) is 4.79 Å². The third kappa shape index (κ3) is 8.55. The highest BCUT2D eigenvalue weighted by Gasteiger charge is 2.24. The number of carbonyl (C=O) groups is 1. The molecule has 0 saturated carbocycles. The minimum absolute atomic E-state index is 0.388. The summed E-state index contributed by atoms with van der Waals surface area (Å²) in [6, 6.07) is 0. The molecule has 0 radical (unpaired) electrons. The number of carbonyl (C=O) groups excluding carboxylic acids is 1. The normalized spacial score (nSPS) is 17.5. The van der Waals surface area contributed by atoms with E-state index in [9.17, 15) is 4.79 Å². The zero-order valence-corrected chi connectivity index (χ0v) is 15.7. The average Bonchev–Trinajstić information content (AvgIpc) is 2.52. The SMILES string of the molecule is C=CCCC(CCCCC)CC(=O)N1CCC(CN(C)C)CC1. The van der Waals surface area contributed by atoms with E-state index in [1.165, 1.54) is 25.7 Å². The predicted octanol–water partition coefficient (Wildman–Crippen LogP) is 4.34. The van der Waals surface area contributed by atoms with E-state index in [1.807, 2.05) is 6.08 Å². The quantitative estimate of drug-likeness (QED) is 0.417. The summed E-state index contributed by atoms with van der Waals surface area (Å²) in [4.78, 5) is 17.0. The molecule has 0 aromatic heterocycles. The van der Waals surface area contributed by atoms with Crippen LogP contribution in [0.2, 0.25) is 0 Å². The van der Waals surface area contributed by atoms with Crippen molar-refractivity contribution < 1.29 is 4.79 Å². The van der Waals surface area contributed by atoms with Crippen LogP contribution >= 0.6 is 0 Å². The van der Waals surface area contributed by atoms with Crippen molar-refractivity contribution in [1.29, 1.82) is 0 Å². The Morgan fingerprint density at radius 2 is 1.96 bits per heavy atom. The molecule has 1 heterocycles. The third-order valence-corrected chi connectivity index (χ3v) is 5.05. The lowest BCUT2D eigenvalue weighted by molar-refractivity contribution is -0.133. The van der Waals surface area contributed by atoms with E-state index in [0.29, 0.717) is 11.8 Å². The Morgan fingerprint density at radius 1 is 1.26 bits per heavy atom. The van der Waals surface area contributed by atoms with E-state index in [4.69, 9.17) is 0 Å². The molecule has 0 aliphatic carbocycles. The highest BCUT2D eigenvalue weighted by Crippen LogP contribution is 2.23. The van der Waals surface area contributed by atoms with E-state index in [-0.39, 0.29) is 0 Å². The lowest BCUT2D eigenvalue weighted by atomic mass is 9.91. The van der Waals surface area contributed by atoms with Crippen molar-refractivity contribution in [3.63, 3.8) is 0 Å². The second-order valence-corrected chi connectivity index (χ2v) is 7.52. The number of piperidine rings is 1. The minimum atomic E-state index is 0.388. The van der Waals surface area contributed by atoms with Crippen LogP contribution in [0.5, 0.6) is 0 Å². The largest absolute Gasteiger partial charge is 0.343 e. The molecule has 1 aliphatic rings. The smallest absolute Gasteiger partial charge is 0.222 e. The number of rotatable bonds is 11. The average molecular weight is 323 g/mol. The molecule has 0 aromatic carbocycles. The van der Waals surface area contributed by atoms with Crippen LogP contribution in [0.4, 0.5) is 0 Å². The monoisotopic (exact) mass is 322 g/mol. The Morgan fingerprint density at radius 3 is 2.52 bits per heavy atom. The van der Waals surface area contributed by atoms with E-state index >= 15 is 0 Å². The number of nitrogens with zero attached hydrogens (tertiary/aromatic N) is 2. The number of allylic oxidation sites excluding steroid dienone is 1. The molecular weight excluding hydrogens is 284 g/mol. The third-order valence-electron chi connectivity index (χ3n) is 5.05. The molecule has 1 saturated heterocycles. The maximum Gasteiger partial charge on any atom is 0.222 e. The van der Waals surface area contributed by atoms with Crippen LogP contribution in [-0.2, 0) is 4.79 Å². The van der Waals surface area contributed by atoms with E-state index < -0.39 is 0 Å². The summed E-state index contributed by atoms with van der Waals surface area (Å²) in [7, 11) is 4.27. The van der Waals surface area contributed by atoms with Crippen molar-refractivity contribution in [3.05, 3.63) is 12.7 Å². The lowest BCUT2D eigenvalue weighted by Crippen LogP contribution is -2.41. The highest BCUT2D eigenvalue weighted by atomic mass is 16.2. The summed E-state index contributed by atoms with van der Waals surface area (Å²) in [5, 5.41) is 0. The van der Waals surface area contributed by atoms with Gasteiger partial charge in [-0.2, -0.15) is 0 Å². The zero-order chi connectivity index (χ0) is 17.1. The summed E-state index contributed by atoms with van der Waals surface area (Å²) in [5.41, 5.74) is 0. The minimum Gasteiger partial charge on any atom is -0.343 e. The maximum absolute atomic E-state index is 12.6. The molecule has 0 spiro atoms. The molecule has 1 rings (SSSR count). The van der Waals surface area contributed by atoms with Gasteiger partial charge in [-0.25, -0.2) is 0 Å². The summed E-state index contributed by atoms with van der Waals surface area (Å²) >= 11 is 0. The lowest BCUT2D eigenvalue weighted by Gasteiger charge is -2.34. The van der Waals surface area contributed by atoms with Crippen molar-refractivity contribution in [1.82, 2.24) is 9.80 Å². The molecule has 0 N–H and O–H groups in total. The Hall–Kier alpha value is -0.830. The van der Waals surface area contributed by atoms with Crippen molar-refractivity contribution in [2.75, 3.05) is 33.7 Å². The Balaban J connectivity index is 2.37. The van der Waals surface area contributed by atoms with Gasteiger partial charge in [0.2, 0.25) is 5.91 Å². The van der Waals surface area contributed by atoms with E-state index in [0.717, 1.165) is 57.7 Å². The molecule has 0 aromatic rings. The fourth-order valence-electron chi connectivity index (χ4n) is 3.64. The number of hydrogen-bond donors (Lipinski definition) is 0. The van der Waals surface area contributed by atoms with Gasteiger partial charge in [0.1, 0.15) is 0 Å². The molecule has 134 valence electrons. The molecular formula is C20H38N2O. The fourth-order valence-corrected chi connectivity index (χ4v) is 3.64. The molecule has 3 nitrogen and oxygen atoms in total. The Kier molecular flexibility index (Phi) is 10.3. The Bertz CT molecular complexity index is 333. The molecule has 1 unspecified atom stereocenters. The molecule has 1 fully saturated rings. The second-order valence-electron chi connectivity index (χ2n) is 7.52. The van der Waals surface area contributed by atoms with Gasteiger partial charge in [0.25, 0.3) is 0 Å². The summed E-state index contributed by atoms with van der Waals surface area (Å²) in [5.74, 6) is 1.69. The number of unbranched alkanes of at least 4 members (excludes halogenated alkanes) is 2. The summed E-state index contributed by atoms with van der Waals surface area (Å²) in [6.45, 7) is 9.14. The zero-order valence-electron chi connectivity index (χ0n) is 15.7. The van der Waals surface area contributed by atoms with Crippen LogP contribution in [0, 0.1) is 11.8 Å². The maximum atomic E-state index is 12.6. The van der Waals surface area contributed by atoms with Gasteiger partial charge >= 0.3 is 0 Å². The first-order valence-electron chi connectivity index (χ1n) is 9.60. The van der Waals surface area contributed by atoms with Crippen molar-refractivity contribution in [2.45, 2.75) is 64.7 Å². The highest BCUT2D eigenvalue weighted by molar-refractivity contribution is 5.76. The van der Waals surface area contributed by atoms with Crippen LogP contribution in [0.3, 0.4) is 0 Å². The van der Waals surface area contributed by atoms with Crippen molar-refractivity contribution >= 4 is 5.91 Å². The molecule has 0 bridgehead atoms. The molecule has 1 amide bonds. The van der Waals surface area contributed by atoms with Gasteiger partial charge in [-0.1, -0.05) is 32.3 Å². The topological polar surface area (TPSA) is 23.6 Å². The predicted molar refractivity (Wildman–Crippen MR) is 99.5 cm³/mol. The number of likely N-dealkylation sites (tertiary alicyclic amines) is 1. The van der Waals surface area contributed by atoms with Crippen LogP contribution in [0.15, 0.2) is 12.7 Å². The van der Waals surface area contributed by atoms with Gasteiger partial charge < -0.3 is 9.80 Å². The number of amides is 1. The number of hydrogen-bond acceptors (Lipinski definition) is 2. The van der Waals surface area contributed by atoms with Gasteiger partial charge in [0, 0.05) is 26.1 Å². The van der Waals surface area contributed by atoms with Gasteiger partial charge in [0.05, 0.1) is 0 Å². The molecule has 3 heteroatoms. The fraction of sp³-hybridized carbons (Fsp3) is 0.850. The van der Waals surface area contributed by atoms with Gasteiger partial charge in [-0.05, 0) is 58.0 Å². The van der Waals surface area contributed by atoms with Gasteiger partial charge in [0.15, 0.2) is 0 Å². The first-order valence-corrected chi connectivity index (χ1v) is 9.60. The van der Waals surface area contributed by atoms with Crippen LogP contribution < -0.4 is 0 Å². The first-order chi connectivity index (χ1) is 11.1. The van der Waals surface area contributed by atoms with Gasteiger partial charge in [-0.15, -0.1) is 6.58 Å². The van der Waals surface area contributed by atoms with Crippen LogP contribution in [0.25, 0.3) is 0 Å². The molecule has 1 aliphatic heterocycles. The second kappa shape index (κ2) is 11.7. The van der Waals surface area contributed by atoms with Crippen molar-refractivity contribution in [2.24, 2.45) is 11.8 Å². The first kappa shape index (κ1) is 20.2. The van der Waals surface area contributed by atoms with E-state index in [1.54, 1.807) is 0 Å². The van der Waals surface area contributed by atoms with Crippen LogP contribution in [-0.4, -0.2) is 49.4 Å².